The van der Waals surface area contributed by atoms with Crippen molar-refractivity contribution in [3.8, 4) is 0 Å². The Bertz CT molecular complexity index is 686. The number of nitrogens with one attached hydrogen (secondary N) is 1. The van der Waals surface area contributed by atoms with Crippen LogP contribution in [0.1, 0.15) is 49.9 Å². The zero-order valence-corrected chi connectivity index (χ0v) is 14.8. The lowest BCUT2D eigenvalue weighted by Gasteiger charge is -2.37. The van der Waals surface area contributed by atoms with E-state index >= 15 is 0 Å². The first kappa shape index (κ1) is 17.5. The molecule has 2 fully saturated rings. The number of amides is 2. The molecule has 0 bridgehead atoms. The van der Waals surface area contributed by atoms with Crippen molar-refractivity contribution >= 4 is 12.0 Å². The van der Waals surface area contributed by atoms with Gasteiger partial charge < -0.3 is 19.5 Å². The highest BCUT2D eigenvalue weighted by Gasteiger charge is 2.48. The second-order valence-electron chi connectivity index (χ2n) is 7.05. The number of aromatic nitrogens is 1. The summed E-state index contributed by atoms with van der Waals surface area (Å²) in [5.74, 6) is -0.105. The molecule has 0 aromatic carbocycles. The van der Waals surface area contributed by atoms with E-state index in [4.69, 9.17) is 4.74 Å². The Balaban J connectivity index is 1.62. The number of carbonyl (C=O) groups is 2. The van der Waals surface area contributed by atoms with Gasteiger partial charge in [0, 0.05) is 44.2 Å². The maximum atomic E-state index is 12.5. The molecule has 1 aromatic rings. The minimum atomic E-state index is -0.471. The minimum absolute atomic E-state index is 0.105. The smallest absolute Gasteiger partial charge is 0.410 e. The molecule has 25 heavy (non-hydrogen) atoms. The van der Waals surface area contributed by atoms with Gasteiger partial charge in [0.25, 0.3) is 5.91 Å². The van der Waals surface area contributed by atoms with Crippen LogP contribution in [0, 0.1) is 0 Å². The molecular formula is C18H25N3O4. The average molecular weight is 347 g/mol. The summed E-state index contributed by atoms with van der Waals surface area (Å²) in [6, 6.07) is 3.07. The van der Waals surface area contributed by atoms with Gasteiger partial charge in [0.2, 0.25) is 5.56 Å². The fourth-order valence-electron chi connectivity index (χ4n) is 3.66. The van der Waals surface area contributed by atoms with Crippen LogP contribution in [0.2, 0.25) is 0 Å². The molecule has 0 saturated carbocycles. The molecular weight excluding hydrogens is 322 g/mol. The van der Waals surface area contributed by atoms with E-state index in [1.54, 1.807) is 4.90 Å². The fraction of sp³-hybridized carbons (Fsp3) is 0.611. The largest absolute Gasteiger partial charge is 0.441 e. The quantitative estimate of drug-likeness (QED) is 0.903. The minimum Gasteiger partial charge on any atom is -0.441 e. The SMILES string of the molecule is CCC[C@H](C)N1CC2(CCN(C(=O)c3ccc(=O)[nH]c3)CC2)OC1=O. The Morgan fingerprint density at radius 1 is 1.32 bits per heavy atom. The number of pyridine rings is 1. The lowest BCUT2D eigenvalue weighted by molar-refractivity contribution is 0.00305. The topological polar surface area (TPSA) is 82.7 Å². The van der Waals surface area contributed by atoms with Crippen LogP contribution in [0.3, 0.4) is 0 Å². The number of likely N-dealkylation sites (tertiary alicyclic amines) is 1. The van der Waals surface area contributed by atoms with Crippen LogP contribution in [0.25, 0.3) is 0 Å². The molecule has 2 aliphatic rings. The maximum absolute atomic E-state index is 12.5. The van der Waals surface area contributed by atoms with Gasteiger partial charge in [-0.25, -0.2) is 4.79 Å². The lowest BCUT2D eigenvalue weighted by atomic mass is 9.90. The standard InChI is InChI=1S/C18H25N3O4/c1-3-4-13(2)21-12-18(25-17(21)24)7-9-20(10-8-18)16(23)14-5-6-15(22)19-11-14/h5-6,11,13H,3-4,7-10,12H2,1-2H3,(H,19,22)/t13-/m0/s1. The van der Waals surface area contributed by atoms with E-state index in [0.717, 1.165) is 12.8 Å². The van der Waals surface area contributed by atoms with Crippen LogP contribution in [-0.4, -0.2) is 58.1 Å². The van der Waals surface area contributed by atoms with Crippen LogP contribution >= 0.6 is 0 Å². The van der Waals surface area contributed by atoms with Crippen molar-refractivity contribution in [2.24, 2.45) is 0 Å². The van der Waals surface area contributed by atoms with E-state index in [0.29, 0.717) is 38.0 Å². The molecule has 2 aliphatic heterocycles. The van der Waals surface area contributed by atoms with Crippen molar-refractivity contribution in [3.05, 3.63) is 34.2 Å². The van der Waals surface area contributed by atoms with Crippen molar-refractivity contribution in [2.75, 3.05) is 19.6 Å². The summed E-state index contributed by atoms with van der Waals surface area (Å²) < 4.78 is 5.72. The molecule has 7 nitrogen and oxygen atoms in total. The predicted molar refractivity (Wildman–Crippen MR) is 92.5 cm³/mol. The number of ether oxygens (including phenoxy) is 1. The van der Waals surface area contributed by atoms with Gasteiger partial charge in [0.1, 0.15) is 5.60 Å². The molecule has 1 spiro atoms. The summed E-state index contributed by atoms with van der Waals surface area (Å²) >= 11 is 0. The third kappa shape index (κ3) is 3.55. The third-order valence-corrected chi connectivity index (χ3v) is 5.23. The molecule has 2 saturated heterocycles. The van der Waals surface area contributed by atoms with E-state index < -0.39 is 5.60 Å². The number of nitrogens with zero attached hydrogens (tertiary/aromatic N) is 2. The van der Waals surface area contributed by atoms with Gasteiger partial charge in [-0.1, -0.05) is 13.3 Å². The fourth-order valence-corrected chi connectivity index (χ4v) is 3.66. The first-order valence-electron chi connectivity index (χ1n) is 8.92. The highest BCUT2D eigenvalue weighted by molar-refractivity contribution is 5.94. The monoisotopic (exact) mass is 347 g/mol. The normalized spacial score (nSPS) is 20.6. The van der Waals surface area contributed by atoms with Crippen LogP contribution < -0.4 is 5.56 Å². The number of carbonyl (C=O) groups excluding carboxylic acids is 2. The predicted octanol–water partition coefficient (Wildman–Crippen LogP) is 1.99. The second kappa shape index (κ2) is 6.90. The molecule has 1 atom stereocenters. The maximum Gasteiger partial charge on any atom is 0.410 e. The number of rotatable bonds is 4. The number of piperidine rings is 1. The summed E-state index contributed by atoms with van der Waals surface area (Å²) in [5.41, 5.74) is -0.230. The summed E-state index contributed by atoms with van der Waals surface area (Å²) in [7, 11) is 0. The van der Waals surface area contributed by atoms with E-state index in [1.807, 2.05) is 4.90 Å². The molecule has 0 unspecified atom stereocenters. The third-order valence-electron chi connectivity index (χ3n) is 5.23. The van der Waals surface area contributed by atoms with Crippen molar-refractivity contribution < 1.29 is 14.3 Å². The Hall–Kier alpha value is -2.31. The Labute approximate surface area is 147 Å². The van der Waals surface area contributed by atoms with E-state index in [2.05, 4.69) is 18.8 Å². The van der Waals surface area contributed by atoms with Crippen LogP contribution in [0.5, 0.6) is 0 Å². The molecule has 2 amide bonds. The van der Waals surface area contributed by atoms with Gasteiger partial charge in [0.15, 0.2) is 0 Å². The molecule has 3 rings (SSSR count). The van der Waals surface area contributed by atoms with Gasteiger partial charge >= 0.3 is 6.09 Å². The second-order valence-corrected chi connectivity index (χ2v) is 7.05. The zero-order valence-electron chi connectivity index (χ0n) is 14.8. The van der Waals surface area contributed by atoms with Crippen molar-refractivity contribution in [3.63, 3.8) is 0 Å². The zero-order chi connectivity index (χ0) is 18.0. The molecule has 3 heterocycles. The number of hydrogen-bond donors (Lipinski definition) is 1. The van der Waals surface area contributed by atoms with Crippen molar-refractivity contribution in [2.45, 2.75) is 51.2 Å². The van der Waals surface area contributed by atoms with Gasteiger partial charge in [0.05, 0.1) is 12.1 Å². The van der Waals surface area contributed by atoms with Crippen LogP contribution in [0.4, 0.5) is 4.79 Å². The van der Waals surface area contributed by atoms with E-state index in [-0.39, 0.29) is 23.6 Å². The molecule has 0 radical (unpaired) electrons. The highest BCUT2D eigenvalue weighted by Crippen LogP contribution is 2.35. The molecule has 1 aromatic heterocycles. The van der Waals surface area contributed by atoms with Crippen LogP contribution in [-0.2, 0) is 4.74 Å². The van der Waals surface area contributed by atoms with E-state index in [1.165, 1.54) is 18.3 Å². The molecule has 136 valence electrons. The summed E-state index contributed by atoms with van der Waals surface area (Å²) in [6.45, 7) is 5.85. The average Bonchev–Trinajstić information content (AvgIpc) is 2.92. The Morgan fingerprint density at radius 2 is 2.04 bits per heavy atom. The first-order valence-corrected chi connectivity index (χ1v) is 8.92. The molecule has 7 heteroatoms. The highest BCUT2D eigenvalue weighted by atomic mass is 16.6. The van der Waals surface area contributed by atoms with Gasteiger partial charge in [-0.05, 0) is 19.4 Å². The number of H-pyrrole nitrogens is 1. The van der Waals surface area contributed by atoms with Crippen LogP contribution in [0.15, 0.2) is 23.1 Å². The lowest BCUT2D eigenvalue weighted by Crippen LogP contribution is -2.49. The number of aromatic amines is 1. The summed E-state index contributed by atoms with van der Waals surface area (Å²) in [5, 5.41) is 0. The van der Waals surface area contributed by atoms with Gasteiger partial charge in [-0.15, -0.1) is 0 Å². The van der Waals surface area contributed by atoms with Gasteiger partial charge in [-0.3, -0.25) is 9.59 Å². The summed E-state index contributed by atoms with van der Waals surface area (Å²) in [6.07, 6.45) is 4.48. The molecule has 1 N–H and O–H groups in total. The molecule has 0 aliphatic carbocycles. The van der Waals surface area contributed by atoms with E-state index in [9.17, 15) is 14.4 Å². The van der Waals surface area contributed by atoms with Crippen molar-refractivity contribution in [1.29, 1.82) is 0 Å². The summed E-state index contributed by atoms with van der Waals surface area (Å²) in [4.78, 5) is 42.0. The Morgan fingerprint density at radius 3 is 2.64 bits per heavy atom. The van der Waals surface area contributed by atoms with Gasteiger partial charge in [-0.2, -0.15) is 0 Å². The van der Waals surface area contributed by atoms with Crippen molar-refractivity contribution in [1.82, 2.24) is 14.8 Å². The number of hydrogen-bond acceptors (Lipinski definition) is 4. The first-order chi connectivity index (χ1) is 11.9. The Kier molecular flexibility index (Phi) is 4.83.